The van der Waals surface area contributed by atoms with E-state index in [0.717, 1.165) is 16.7 Å². The maximum absolute atomic E-state index is 13.9. The average Bonchev–Trinajstić information content (AvgIpc) is 3.28. The number of anilines is 1. The number of hydrogen-bond donors (Lipinski definition) is 1. The van der Waals surface area contributed by atoms with Crippen molar-refractivity contribution in [2.24, 2.45) is 0 Å². The van der Waals surface area contributed by atoms with E-state index >= 15 is 0 Å². The number of aryl methyl sites for hydroxylation is 2. The first-order chi connectivity index (χ1) is 17.2. The molecule has 3 aromatic rings. The molecule has 2 heterocycles. The minimum Gasteiger partial charge on any atom is -0.496 e. The van der Waals surface area contributed by atoms with E-state index in [1.54, 1.807) is 21.0 Å². The summed E-state index contributed by atoms with van der Waals surface area (Å²) in [6.45, 7) is 7.73. The lowest BCUT2D eigenvalue weighted by atomic mass is 9.92. The van der Waals surface area contributed by atoms with Crippen molar-refractivity contribution in [3.05, 3.63) is 76.6 Å². The Kier molecular flexibility index (Phi) is 6.83. The minimum absolute atomic E-state index is 0.0273. The molecule has 2 aromatic carbocycles. The van der Waals surface area contributed by atoms with E-state index in [9.17, 15) is 14.4 Å². The van der Waals surface area contributed by atoms with Crippen molar-refractivity contribution in [2.45, 2.75) is 46.3 Å². The third-order valence-electron chi connectivity index (χ3n) is 6.35. The Balaban J connectivity index is 1.75. The van der Waals surface area contributed by atoms with Gasteiger partial charge in [-0.1, -0.05) is 35.9 Å². The zero-order chi connectivity index (χ0) is 26.0. The minimum atomic E-state index is -1.33. The largest absolute Gasteiger partial charge is 0.496 e. The van der Waals surface area contributed by atoms with Gasteiger partial charge in [-0.15, -0.1) is 0 Å². The number of fused-ring (bicyclic) bond motifs is 1. The lowest BCUT2D eigenvalue weighted by molar-refractivity contribution is -0.126. The van der Waals surface area contributed by atoms with Crippen molar-refractivity contribution < 1.29 is 23.9 Å². The first kappa shape index (κ1) is 25.0. The molecule has 1 N–H and O–H groups in total. The van der Waals surface area contributed by atoms with Gasteiger partial charge in [-0.2, -0.15) is 5.10 Å². The number of nitrogens with one attached hydrogen (secondary N) is 1. The number of nitrogens with zero attached hydrogens (tertiary/aromatic N) is 3. The lowest BCUT2D eigenvalue weighted by Crippen LogP contribution is -2.64. The van der Waals surface area contributed by atoms with Crippen LogP contribution in [0.5, 0.6) is 5.75 Å². The molecule has 9 heteroatoms. The molecule has 36 heavy (non-hydrogen) atoms. The van der Waals surface area contributed by atoms with Crippen LogP contribution in [0.25, 0.3) is 0 Å². The number of ether oxygens (including phenoxy) is 2. The molecule has 0 unspecified atom stereocenters. The number of para-hydroxylation sites is 1. The Labute approximate surface area is 210 Å². The molecule has 0 saturated carbocycles. The van der Waals surface area contributed by atoms with Gasteiger partial charge >= 0.3 is 5.97 Å². The number of carbonyl (C=O) groups excluding carboxylic acids is 3. The molecule has 1 atom stereocenters. The number of esters is 1. The summed E-state index contributed by atoms with van der Waals surface area (Å²) >= 11 is 0. The SMILES string of the molecule is CCOC(=O)c1cc2n(n1)C[C@@](C)(C(=O)NCc1ccccc1OC)N(c1ccc(C)cc1C)C2=O. The third-order valence-corrected chi connectivity index (χ3v) is 6.35. The number of amides is 2. The molecule has 0 fully saturated rings. The number of hydrogen-bond acceptors (Lipinski definition) is 6. The van der Waals surface area contributed by atoms with Crippen molar-refractivity contribution in [3.8, 4) is 5.75 Å². The van der Waals surface area contributed by atoms with Gasteiger partial charge in [0.25, 0.3) is 5.91 Å². The molecule has 0 saturated heterocycles. The Hall–Kier alpha value is -4.14. The summed E-state index contributed by atoms with van der Waals surface area (Å²) in [6.07, 6.45) is 0. The van der Waals surface area contributed by atoms with Crippen molar-refractivity contribution in [1.82, 2.24) is 15.1 Å². The quantitative estimate of drug-likeness (QED) is 0.509. The second-order valence-corrected chi connectivity index (χ2v) is 8.99. The molecule has 4 rings (SSSR count). The van der Waals surface area contributed by atoms with Crippen LogP contribution in [0.1, 0.15) is 51.5 Å². The van der Waals surface area contributed by atoms with Crippen molar-refractivity contribution in [3.63, 3.8) is 0 Å². The van der Waals surface area contributed by atoms with Crippen LogP contribution in [0.15, 0.2) is 48.5 Å². The molecule has 1 aliphatic heterocycles. The van der Waals surface area contributed by atoms with Gasteiger partial charge in [0.2, 0.25) is 5.91 Å². The smallest absolute Gasteiger partial charge is 0.358 e. The van der Waals surface area contributed by atoms with Crippen LogP contribution in [0.3, 0.4) is 0 Å². The molecule has 0 bridgehead atoms. The summed E-state index contributed by atoms with van der Waals surface area (Å²) in [5.74, 6) is -0.748. The maximum atomic E-state index is 13.9. The van der Waals surface area contributed by atoms with Crippen molar-refractivity contribution >= 4 is 23.5 Å². The summed E-state index contributed by atoms with van der Waals surface area (Å²) in [5, 5.41) is 7.27. The molecule has 1 aromatic heterocycles. The fraction of sp³-hybridized carbons (Fsp3) is 0.333. The van der Waals surface area contributed by atoms with Crippen LogP contribution in [0.2, 0.25) is 0 Å². The van der Waals surface area contributed by atoms with Gasteiger partial charge in [0.1, 0.15) is 17.0 Å². The standard InChI is InChI=1S/C27H30N4O5/c1-6-36-25(33)20-14-22-24(32)31(21-12-11-17(2)13-18(21)3)27(4,16-30(22)29-20)26(34)28-15-19-9-7-8-10-23(19)35-5/h7-14H,6,15-16H2,1-5H3,(H,28,34)/t27-/m0/s1. The monoisotopic (exact) mass is 490 g/mol. The average molecular weight is 491 g/mol. The number of benzene rings is 2. The van der Waals surface area contributed by atoms with Crippen LogP contribution in [0.4, 0.5) is 5.69 Å². The zero-order valence-corrected chi connectivity index (χ0v) is 21.1. The summed E-state index contributed by atoms with van der Waals surface area (Å²) in [5.41, 5.74) is 2.23. The number of carbonyl (C=O) groups is 3. The highest BCUT2D eigenvalue weighted by atomic mass is 16.5. The predicted octanol–water partition coefficient (Wildman–Crippen LogP) is 3.42. The van der Waals surface area contributed by atoms with Gasteiger partial charge in [-0.05, 0) is 45.4 Å². The molecule has 1 aliphatic rings. The normalized spacial score (nSPS) is 16.9. The van der Waals surface area contributed by atoms with Crippen LogP contribution in [-0.4, -0.2) is 46.8 Å². The molecule has 2 amide bonds. The van der Waals surface area contributed by atoms with Gasteiger partial charge in [-0.25, -0.2) is 4.79 Å². The maximum Gasteiger partial charge on any atom is 0.358 e. The molecule has 0 spiro atoms. The Bertz CT molecular complexity index is 1330. The van der Waals surface area contributed by atoms with E-state index in [0.29, 0.717) is 11.4 Å². The third kappa shape index (κ3) is 4.44. The highest BCUT2D eigenvalue weighted by molar-refractivity contribution is 6.12. The topological polar surface area (TPSA) is 103 Å². The summed E-state index contributed by atoms with van der Waals surface area (Å²) < 4.78 is 11.9. The Morgan fingerprint density at radius 1 is 1.14 bits per heavy atom. The van der Waals surface area contributed by atoms with Crippen molar-refractivity contribution in [1.29, 1.82) is 0 Å². The fourth-order valence-corrected chi connectivity index (χ4v) is 4.54. The number of rotatable bonds is 7. The fourth-order valence-electron chi connectivity index (χ4n) is 4.54. The Morgan fingerprint density at radius 2 is 1.89 bits per heavy atom. The van der Waals surface area contributed by atoms with E-state index in [1.165, 1.54) is 15.6 Å². The molecule has 0 radical (unpaired) electrons. The van der Waals surface area contributed by atoms with Gasteiger partial charge in [0.05, 0.1) is 20.3 Å². The lowest BCUT2D eigenvalue weighted by Gasteiger charge is -2.43. The van der Waals surface area contributed by atoms with Crippen LogP contribution >= 0.6 is 0 Å². The predicted molar refractivity (Wildman–Crippen MR) is 134 cm³/mol. The van der Waals surface area contributed by atoms with Crippen LogP contribution < -0.4 is 15.0 Å². The molecular formula is C27H30N4O5. The van der Waals surface area contributed by atoms with Crippen molar-refractivity contribution in [2.75, 3.05) is 18.6 Å². The summed E-state index contributed by atoms with van der Waals surface area (Å²) in [7, 11) is 1.57. The molecule has 9 nitrogen and oxygen atoms in total. The van der Waals surface area contributed by atoms with E-state index in [2.05, 4.69) is 10.4 Å². The van der Waals surface area contributed by atoms with E-state index in [4.69, 9.17) is 9.47 Å². The van der Waals surface area contributed by atoms with E-state index < -0.39 is 17.4 Å². The zero-order valence-electron chi connectivity index (χ0n) is 21.1. The van der Waals surface area contributed by atoms with Gasteiger partial charge < -0.3 is 14.8 Å². The van der Waals surface area contributed by atoms with Crippen LogP contribution in [0, 0.1) is 13.8 Å². The molecule has 188 valence electrons. The molecular weight excluding hydrogens is 460 g/mol. The van der Waals surface area contributed by atoms with E-state index in [1.807, 2.05) is 56.3 Å². The first-order valence-corrected chi connectivity index (χ1v) is 11.8. The highest BCUT2D eigenvalue weighted by Gasteiger charge is 2.49. The summed E-state index contributed by atoms with van der Waals surface area (Å²) in [6, 6.07) is 14.5. The van der Waals surface area contributed by atoms with Gasteiger partial charge in [-0.3, -0.25) is 19.2 Å². The van der Waals surface area contributed by atoms with Gasteiger partial charge in [0, 0.05) is 23.9 Å². The van der Waals surface area contributed by atoms with Gasteiger partial charge in [0.15, 0.2) is 5.69 Å². The van der Waals surface area contributed by atoms with Crippen LogP contribution in [-0.2, 0) is 22.6 Å². The second-order valence-electron chi connectivity index (χ2n) is 8.99. The second kappa shape index (κ2) is 9.85. The summed E-state index contributed by atoms with van der Waals surface area (Å²) in [4.78, 5) is 41.4. The number of aromatic nitrogens is 2. The first-order valence-electron chi connectivity index (χ1n) is 11.8. The van der Waals surface area contributed by atoms with E-state index in [-0.39, 0.29) is 37.0 Å². The molecule has 0 aliphatic carbocycles. The highest BCUT2D eigenvalue weighted by Crippen LogP contribution is 2.35. The Morgan fingerprint density at radius 3 is 2.58 bits per heavy atom. The number of methoxy groups -OCH3 is 1.